The van der Waals surface area contributed by atoms with Gasteiger partial charge in [0.25, 0.3) is 5.91 Å². The molecule has 0 N–H and O–H groups in total. The molecule has 0 saturated carbocycles. The molecule has 4 aromatic heterocycles. The summed E-state index contributed by atoms with van der Waals surface area (Å²) in [6.45, 7) is 1.38. The van der Waals surface area contributed by atoms with Gasteiger partial charge in [0.05, 0.1) is 0 Å². The zero-order chi connectivity index (χ0) is 19.1. The standard InChI is InChI=1S/C21H20N6O/c1-25-11-2-3-18(25)21(28)26-12-8-17(13-26)20-23-19-5-4-16(14-27(19)24-20)15-6-9-22-10-7-15/h2-7,9-11,14,17H,8,12-13H2,1H3/t17-/m0/s1. The second-order valence-electron chi connectivity index (χ2n) is 7.17. The Morgan fingerprint density at radius 2 is 1.96 bits per heavy atom. The van der Waals surface area contributed by atoms with Gasteiger partial charge >= 0.3 is 0 Å². The highest BCUT2D eigenvalue weighted by Crippen LogP contribution is 2.27. The van der Waals surface area contributed by atoms with Crippen LogP contribution in [0.25, 0.3) is 16.8 Å². The zero-order valence-corrected chi connectivity index (χ0v) is 15.6. The molecule has 0 bridgehead atoms. The van der Waals surface area contributed by atoms with Crippen molar-refractivity contribution < 1.29 is 4.79 Å². The fourth-order valence-corrected chi connectivity index (χ4v) is 3.79. The van der Waals surface area contributed by atoms with Crippen LogP contribution >= 0.6 is 0 Å². The van der Waals surface area contributed by atoms with Crippen molar-refractivity contribution in [1.82, 2.24) is 29.0 Å². The number of aryl methyl sites for hydroxylation is 1. The van der Waals surface area contributed by atoms with Crippen molar-refractivity contribution in [3.05, 3.63) is 72.7 Å². The van der Waals surface area contributed by atoms with E-state index in [9.17, 15) is 4.79 Å². The van der Waals surface area contributed by atoms with Gasteiger partial charge in [0.15, 0.2) is 11.5 Å². The minimum Gasteiger partial charge on any atom is -0.347 e. The summed E-state index contributed by atoms with van der Waals surface area (Å²) < 4.78 is 3.69. The number of likely N-dealkylation sites (tertiary alicyclic amines) is 1. The topological polar surface area (TPSA) is 68.3 Å². The number of hydrogen-bond acceptors (Lipinski definition) is 4. The van der Waals surface area contributed by atoms with Crippen molar-refractivity contribution >= 4 is 11.6 Å². The van der Waals surface area contributed by atoms with Gasteiger partial charge in [-0.1, -0.05) is 0 Å². The summed E-state index contributed by atoms with van der Waals surface area (Å²) in [5.41, 5.74) is 3.69. The predicted octanol–water partition coefficient (Wildman–Crippen LogP) is 2.76. The second kappa shape index (κ2) is 6.60. The van der Waals surface area contributed by atoms with Gasteiger partial charge in [-0.15, -0.1) is 0 Å². The molecule has 1 atom stereocenters. The van der Waals surface area contributed by atoms with Crippen molar-refractivity contribution in [1.29, 1.82) is 0 Å². The summed E-state index contributed by atoms with van der Waals surface area (Å²) in [5, 5.41) is 4.70. The summed E-state index contributed by atoms with van der Waals surface area (Å²) in [6.07, 6.45) is 8.32. The first-order chi connectivity index (χ1) is 13.7. The molecule has 0 spiro atoms. The Morgan fingerprint density at radius 3 is 2.75 bits per heavy atom. The summed E-state index contributed by atoms with van der Waals surface area (Å²) in [5.74, 6) is 1.03. The highest BCUT2D eigenvalue weighted by molar-refractivity contribution is 5.93. The fraction of sp³-hybridized carbons (Fsp3) is 0.238. The largest absolute Gasteiger partial charge is 0.347 e. The first kappa shape index (κ1) is 16.7. The Bertz CT molecular complexity index is 1150. The molecule has 7 heteroatoms. The number of aromatic nitrogens is 5. The Hall–Kier alpha value is -3.48. The number of amides is 1. The van der Waals surface area contributed by atoms with Crippen molar-refractivity contribution in [2.45, 2.75) is 12.3 Å². The molecular formula is C21H20N6O. The van der Waals surface area contributed by atoms with Crippen molar-refractivity contribution in [3.63, 3.8) is 0 Å². The number of pyridine rings is 2. The van der Waals surface area contributed by atoms with Gasteiger partial charge in [0, 0.05) is 56.4 Å². The Kier molecular flexibility index (Phi) is 3.93. The van der Waals surface area contributed by atoms with E-state index in [2.05, 4.69) is 4.98 Å². The average Bonchev–Trinajstić information content (AvgIpc) is 3.46. The lowest BCUT2D eigenvalue weighted by molar-refractivity contribution is 0.0781. The van der Waals surface area contributed by atoms with Crippen LogP contribution in [0.3, 0.4) is 0 Å². The van der Waals surface area contributed by atoms with E-state index in [1.807, 2.05) is 69.8 Å². The number of nitrogens with zero attached hydrogens (tertiary/aromatic N) is 6. The van der Waals surface area contributed by atoms with Gasteiger partial charge in [-0.2, -0.15) is 5.10 Å². The lowest BCUT2D eigenvalue weighted by atomic mass is 10.1. The number of rotatable bonds is 3. The maximum absolute atomic E-state index is 12.7. The lowest BCUT2D eigenvalue weighted by Gasteiger charge is -2.16. The van der Waals surface area contributed by atoms with Gasteiger partial charge in [-0.25, -0.2) is 9.50 Å². The molecule has 5 rings (SSSR count). The molecule has 1 aliphatic rings. The molecule has 28 heavy (non-hydrogen) atoms. The molecule has 4 aromatic rings. The Labute approximate surface area is 162 Å². The highest BCUT2D eigenvalue weighted by Gasteiger charge is 2.31. The molecule has 140 valence electrons. The second-order valence-corrected chi connectivity index (χ2v) is 7.17. The van der Waals surface area contributed by atoms with E-state index in [4.69, 9.17) is 10.1 Å². The minimum atomic E-state index is 0.0683. The monoisotopic (exact) mass is 372 g/mol. The van der Waals surface area contributed by atoms with E-state index in [1.54, 1.807) is 12.4 Å². The van der Waals surface area contributed by atoms with Crippen LogP contribution in [0.4, 0.5) is 0 Å². The van der Waals surface area contributed by atoms with Crippen LogP contribution in [0.1, 0.15) is 28.7 Å². The fourth-order valence-electron chi connectivity index (χ4n) is 3.79. The zero-order valence-electron chi connectivity index (χ0n) is 15.6. The van der Waals surface area contributed by atoms with Gasteiger partial charge in [-0.3, -0.25) is 9.78 Å². The molecule has 0 aliphatic carbocycles. The molecule has 1 fully saturated rings. The summed E-state index contributed by atoms with van der Waals surface area (Å²) in [6, 6.07) is 11.7. The maximum atomic E-state index is 12.7. The van der Waals surface area contributed by atoms with Crippen molar-refractivity contribution in [2.24, 2.45) is 7.05 Å². The van der Waals surface area contributed by atoms with Crippen LogP contribution in [0.2, 0.25) is 0 Å². The smallest absolute Gasteiger partial charge is 0.270 e. The van der Waals surface area contributed by atoms with Gasteiger partial charge in [0.2, 0.25) is 0 Å². The first-order valence-electron chi connectivity index (χ1n) is 9.36. The quantitative estimate of drug-likeness (QED) is 0.555. The van der Waals surface area contributed by atoms with E-state index in [-0.39, 0.29) is 11.8 Å². The van der Waals surface area contributed by atoms with Crippen molar-refractivity contribution in [2.75, 3.05) is 13.1 Å². The van der Waals surface area contributed by atoms with Crippen LogP contribution in [-0.2, 0) is 7.05 Å². The Balaban J connectivity index is 1.38. The Morgan fingerprint density at radius 1 is 1.11 bits per heavy atom. The van der Waals surface area contributed by atoms with Gasteiger partial charge in [0.1, 0.15) is 5.69 Å². The number of hydrogen-bond donors (Lipinski definition) is 0. The van der Waals surface area contributed by atoms with Gasteiger partial charge in [-0.05, 0) is 48.4 Å². The molecule has 7 nitrogen and oxygen atoms in total. The maximum Gasteiger partial charge on any atom is 0.270 e. The van der Waals surface area contributed by atoms with Gasteiger partial charge < -0.3 is 9.47 Å². The van der Waals surface area contributed by atoms with Crippen molar-refractivity contribution in [3.8, 4) is 11.1 Å². The molecule has 1 amide bonds. The highest BCUT2D eigenvalue weighted by atomic mass is 16.2. The third-order valence-electron chi connectivity index (χ3n) is 5.36. The molecular weight excluding hydrogens is 352 g/mol. The van der Waals surface area contributed by atoms with E-state index in [0.29, 0.717) is 12.2 Å². The summed E-state index contributed by atoms with van der Waals surface area (Å²) in [4.78, 5) is 23.4. The molecule has 0 aromatic carbocycles. The van der Waals surface area contributed by atoms with E-state index < -0.39 is 0 Å². The lowest BCUT2D eigenvalue weighted by Crippen LogP contribution is -2.30. The number of carbonyl (C=O) groups is 1. The molecule has 5 heterocycles. The average molecular weight is 372 g/mol. The normalized spacial score (nSPS) is 16.8. The molecule has 1 saturated heterocycles. The molecule has 1 aliphatic heterocycles. The summed E-state index contributed by atoms with van der Waals surface area (Å²) >= 11 is 0. The van der Waals surface area contributed by atoms with E-state index in [1.165, 1.54) is 0 Å². The SMILES string of the molecule is Cn1cccc1C(=O)N1CC[C@H](c2nc3ccc(-c4ccncc4)cn3n2)C1. The molecule has 0 radical (unpaired) electrons. The van der Waals surface area contributed by atoms with Crippen LogP contribution in [0, 0.1) is 0 Å². The third kappa shape index (κ3) is 2.85. The minimum absolute atomic E-state index is 0.0683. The molecule has 0 unspecified atom stereocenters. The van der Waals surface area contributed by atoms with Crippen LogP contribution in [0.15, 0.2) is 61.2 Å². The predicted molar refractivity (Wildman–Crippen MR) is 105 cm³/mol. The van der Waals surface area contributed by atoms with E-state index in [0.717, 1.165) is 35.6 Å². The van der Waals surface area contributed by atoms with Crippen LogP contribution in [-0.4, -0.2) is 48.0 Å². The van der Waals surface area contributed by atoms with E-state index >= 15 is 0 Å². The third-order valence-corrected chi connectivity index (χ3v) is 5.36. The number of fused-ring (bicyclic) bond motifs is 1. The first-order valence-corrected chi connectivity index (χ1v) is 9.36. The summed E-state index contributed by atoms with van der Waals surface area (Å²) in [7, 11) is 1.89. The van der Waals surface area contributed by atoms with Crippen LogP contribution < -0.4 is 0 Å². The number of carbonyl (C=O) groups excluding carboxylic acids is 1. The van der Waals surface area contributed by atoms with Crippen LogP contribution in [0.5, 0.6) is 0 Å².